The number of fused-ring (bicyclic) bond motifs is 1. The molecule has 0 fully saturated rings. The van der Waals surface area contributed by atoms with E-state index in [4.69, 9.17) is 4.65 Å². The number of nitrogens with zero attached hydrogens (tertiary/aromatic N) is 1. The Hall–Kier alpha value is -2.81. The predicted octanol–water partition coefficient (Wildman–Crippen LogP) is 3.72. The van der Waals surface area contributed by atoms with E-state index in [-0.39, 0.29) is 0 Å². The zero-order valence-corrected chi connectivity index (χ0v) is 11.9. The first-order chi connectivity index (χ1) is 10.9. The molecule has 22 heavy (non-hydrogen) atoms. The molecule has 0 aliphatic carbocycles. The Bertz CT molecular complexity index is 1030. The smallest absolute Gasteiger partial charge is 0.493 e. The summed E-state index contributed by atoms with van der Waals surface area (Å²) in [6.07, 6.45) is 2.02. The predicted molar refractivity (Wildman–Crippen MR) is 88.9 cm³/mol. The van der Waals surface area contributed by atoms with Gasteiger partial charge in [-0.2, -0.15) is 0 Å². The zero-order valence-electron chi connectivity index (χ0n) is 11.9. The lowest BCUT2D eigenvalue weighted by Gasteiger charge is -2.09. The van der Waals surface area contributed by atoms with Crippen molar-refractivity contribution in [3.63, 3.8) is 0 Å². The fourth-order valence-corrected chi connectivity index (χ4v) is 3.32. The maximum Gasteiger partial charge on any atom is 0.832 e. The minimum atomic E-state index is 0.916. The van der Waals surface area contributed by atoms with Crippen molar-refractivity contribution in [2.75, 3.05) is 0 Å². The van der Waals surface area contributed by atoms with E-state index < -0.39 is 0 Å². The minimum absolute atomic E-state index is 0.916. The third kappa shape index (κ3) is 1.54. The Labute approximate surface area is 128 Å². The van der Waals surface area contributed by atoms with Gasteiger partial charge in [0.05, 0.1) is 5.39 Å². The number of hydrogen-bond acceptors (Lipinski definition) is 1. The van der Waals surface area contributed by atoms with Gasteiger partial charge in [-0.25, -0.2) is 4.48 Å². The van der Waals surface area contributed by atoms with Crippen molar-refractivity contribution in [1.29, 1.82) is 0 Å². The summed E-state index contributed by atoms with van der Waals surface area (Å²) in [6, 6.07) is 23.4. The highest BCUT2D eigenvalue weighted by Crippen LogP contribution is 2.36. The lowest BCUT2D eigenvalue weighted by molar-refractivity contribution is -0.501. The van der Waals surface area contributed by atoms with Crippen molar-refractivity contribution >= 4 is 29.3 Å². The maximum atomic E-state index is 5.63. The topological polar surface area (TPSA) is 13.1 Å². The highest BCUT2D eigenvalue weighted by atomic mass is 16.4. The molecule has 0 saturated heterocycles. The molecular weight excluding hydrogens is 269 g/mol. The lowest BCUT2D eigenvalue weighted by atomic mass is 9.95. The van der Waals surface area contributed by atoms with Gasteiger partial charge in [0, 0.05) is 6.07 Å². The van der Waals surface area contributed by atoms with Gasteiger partial charge in [-0.15, -0.1) is 0 Å². The van der Waals surface area contributed by atoms with Gasteiger partial charge in [-0.1, -0.05) is 42.5 Å². The SMILES string of the molecule is [B]1Oc2ccc(-c3cccc4ccccc34)c3ccc[n+]1c23. The van der Waals surface area contributed by atoms with Gasteiger partial charge in [-0.3, -0.25) is 0 Å². The molecule has 3 heteroatoms. The van der Waals surface area contributed by atoms with E-state index in [9.17, 15) is 0 Å². The van der Waals surface area contributed by atoms with Crippen LogP contribution in [0.3, 0.4) is 0 Å². The molecule has 2 nitrogen and oxygen atoms in total. The van der Waals surface area contributed by atoms with Crippen LogP contribution >= 0.6 is 0 Å². The summed E-state index contributed by atoms with van der Waals surface area (Å²) in [5, 5.41) is 3.75. The van der Waals surface area contributed by atoms with Crippen molar-refractivity contribution in [2.24, 2.45) is 0 Å². The molecule has 0 spiro atoms. The second kappa shape index (κ2) is 4.34. The molecule has 5 rings (SSSR count). The minimum Gasteiger partial charge on any atom is -0.493 e. The Morgan fingerprint density at radius 3 is 2.55 bits per heavy atom. The van der Waals surface area contributed by atoms with Crippen LogP contribution in [0, 0.1) is 0 Å². The summed E-state index contributed by atoms with van der Waals surface area (Å²) in [4.78, 5) is 0. The van der Waals surface area contributed by atoms with Crippen molar-refractivity contribution < 1.29 is 9.13 Å². The standard InChI is InChI=1S/C19H12BNO/c1-2-7-14-13(5-1)6-3-8-15(14)16-10-11-18-19-17(16)9-4-12-21(19)20-22-18/h1-12H/q+1. The lowest BCUT2D eigenvalue weighted by Crippen LogP contribution is -2.38. The van der Waals surface area contributed by atoms with Crippen molar-refractivity contribution in [1.82, 2.24) is 0 Å². The molecule has 0 saturated carbocycles. The molecule has 4 aromatic rings. The molecule has 3 aromatic carbocycles. The van der Waals surface area contributed by atoms with Crippen LogP contribution in [-0.2, 0) is 0 Å². The third-order valence-electron chi connectivity index (χ3n) is 4.32. The normalized spacial score (nSPS) is 12.4. The third-order valence-corrected chi connectivity index (χ3v) is 4.32. The molecule has 0 N–H and O–H groups in total. The van der Waals surface area contributed by atoms with Gasteiger partial charge in [0.1, 0.15) is 6.20 Å². The average Bonchev–Trinajstić information content (AvgIpc) is 3.00. The van der Waals surface area contributed by atoms with E-state index >= 15 is 0 Å². The summed E-state index contributed by atoms with van der Waals surface area (Å²) in [5.74, 6) is 0.916. The van der Waals surface area contributed by atoms with Crippen LogP contribution in [0.2, 0.25) is 0 Å². The van der Waals surface area contributed by atoms with E-state index in [1.807, 2.05) is 10.7 Å². The van der Waals surface area contributed by atoms with Crippen LogP contribution < -0.4 is 9.13 Å². The molecular formula is C19H12BNO+. The quantitative estimate of drug-likeness (QED) is 0.485. The second-order valence-corrected chi connectivity index (χ2v) is 5.54. The number of benzene rings is 3. The molecule has 0 bridgehead atoms. The van der Waals surface area contributed by atoms with Gasteiger partial charge in [-0.05, 0) is 40.1 Å². The number of rotatable bonds is 1. The largest absolute Gasteiger partial charge is 0.832 e. The van der Waals surface area contributed by atoms with E-state index in [0.29, 0.717) is 0 Å². The summed E-state index contributed by atoms with van der Waals surface area (Å²) < 4.78 is 7.67. The fourth-order valence-electron chi connectivity index (χ4n) is 3.32. The summed E-state index contributed by atoms with van der Waals surface area (Å²) >= 11 is 0. The molecule has 0 unspecified atom stereocenters. The molecule has 1 aliphatic rings. The first-order valence-electron chi connectivity index (χ1n) is 7.37. The molecule has 101 valence electrons. The van der Waals surface area contributed by atoms with Crippen molar-refractivity contribution in [2.45, 2.75) is 0 Å². The van der Waals surface area contributed by atoms with Gasteiger partial charge in [0.25, 0.3) is 0 Å². The Balaban J connectivity index is 1.92. The fraction of sp³-hybridized carbons (Fsp3) is 0. The van der Waals surface area contributed by atoms with Gasteiger partial charge in [0.2, 0.25) is 5.52 Å². The van der Waals surface area contributed by atoms with E-state index in [1.165, 1.54) is 27.3 Å². The first kappa shape index (κ1) is 11.8. The molecule has 1 radical (unpaired) electrons. The van der Waals surface area contributed by atoms with Gasteiger partial charge >= 0.3 is 7.62 Å². The molecule has 1 aliphatic heterocycles. The monoisotopic (exact) mass is 281 g/mol. The van der Waals surface area contributed by atoms with Crippen LogP contribution in [0.15, 0.2) is 72.9 Å². The first-order valence-corrected chi connectivity index (χ1v) is 7.37. The summed E-state index contributed by atoms with van der Waals surface area (Å²) in [6.45, 7) is 0. The number of hydrogen-bond donors (Lipinski definition) is 0. The highest BCUT2D eigenvalue weighted by Gasteiger charge is 2.29. The highest BCUT2D eigenvalue weighted by molar-refractivity contribution is 6.21. The molecule has 2 heterocycles. The van der Waals surface area contributed by atoms with E-state index in [0.717, 1.165) is 11.3 Å². The average molecular weight is 281 g/mol. The van der Waals surface area contributed by atoms with Gasteiger partial charge < -0.3 is 4.65 Å². The molecule has 0 atom stereocenters. The molecule has 0 amide bonds. The number of aromatic nitrogens is 1. The Morgan fingerprint density at radius 2 is 1.55 bits per heavy atom. The molecule has 1 aromatic heterocycles. The van der Waals surface area contributed by atoms with Crippen LogP contribution in [0.1, 0.15) is 0 Å². The van der Waals surface area contributed by atoms with Crippen LogP contribution in [0.5, 0.6) is 5.75 Å². The van der Waals surface area contributed by atoms with E-state index in [2.05, 4.69) is 66.7 Å². The Morgan fingerprint density at radius 1 is 0.727 bits per heavy atom. The van der Waals surface area contributed by atoms with Crippen LogP contribution in [0.25, 0.3) is 32.8 Å². The van der Waals surface area contributed by atoms with E-state index in [1.54, 1.807) is 7.62 Å². The second-order valence-electron chi connectivity index (χ2n) is 5.54. The van der Waals surface area contributed by atoms with Gasteiger partial charge in [0.15, 0.2) is 5.75 Å². The van der Waals surface area contributed by atoms with Crippen LogP contribution in [-0.4, -0.2) is 7.62 Å². The summed E-state index contributed by atoms with van der Waals surface area (Å²) in [5.41, 5.74) is 3.63. The number of pyridine rings is 1. The van der Waals surface area contributed by atoms with Crippen molar-refractivity contribution in [3.05, 3.63) is 72.9 Å². The summed E-state index contributed by atoms with van der Waals surface area (Å²) in [7, 11) is 1.75. The Kier molecular flexibility index (Phi) is 2.33. The zero-order chi connectivity index (χ0) is 14.5. The maximum absolute atomic E-state index is 5.63. The van der Waals surface area contributed by atoms with Crippen LogP contribution in [0.4, 0.5) is 0 Å². The van der Waals surface area contributed by atoms with Crippen molar-refractivity contribution in [3.8, 4) is 16.9 Å².